The minimum Gasteiger partial charge on any atom is -0.387 e. The van der Waals surface area contributed by atoms with Crippen molar-refractivity contribution in [3.63, 3.8) is 0 Å². The lowest BCUT2D eigenvalue weighted by Crippen LogP contribution is -2.38. The highest BCUT2D eigenvalue weighted by atomic mass is 19.3. The van der Waals surface area contributed by atoms with Crippen molar-refractivity contribution in [3.05, 3.63) is 39.9 Å². The molecule has 0 aliphatic carbocycles. The second-order valence-electron chi connectivity index (χ2n) is 4.81. The van der Waals surface area contributed by atoms with E-state index in [0.717, 1.165) is 0 Å². The van der Waals surface area contributed by atoms with E-state index >= 15 is 0 Å². The third-order valence-corrected chi connectivity index (χ3v) is 2.98. The number of hydrogen-bond acceptors (Lipinski definition) is 4. The maximum atomic E-state index is 12.5. The van der Waals surface area contributed by atoms with Gasteiger partial charge < -0.3 is 5.11 Å². The summed E-state index contributed by atoms with van der Waals surface area (Å²) in [5, 5.41) is 20.7. The van der Waals surface area contributed by atoms with Crippen molar-refractivity contribution in [3.8, 4) is 0 Å². The fourth-order valence-corrected chi connectivity index (χ4v) is 1.85. The first-order valence-corrected chi connectivity index (χ1v) is 6.26. The molecule has 0 fully saturated rings. The van der Waals surface area contributed by atoms with Crippen LogP contribution in [0.5, 0.6) is 0 Å². The quantitative estimate of drug-likeness (QED) is 0.618. The molecule has 1 atom stereocenters. The third kappa shape index (κ3) is 4.82. The minimum atomic E-state index is -2.49. The van der Waals surface area contributed by atoms with Gasteiger partial charge in [0.05, 0.1) is 17.6 Å². The van der Waals surface area contributed by atoms with E-state index in [1.807, 2.05) is 0 Å². The van der Waals surface area contributed by atoms with Crippen LogP contribution in [0.25, 0.3) is 0 Å². The number of aliphatic hydroxyl groups is 1. The highest BCUT2D eigenvalue weighted by molar-refractivity contribution is 5.35. The molecule has 0 aliphatic heterocycles. The Kier molecular flexibility index (Phi) is 5.97. The van der Waals surface area contributed by atoms with Crippen LogP contribution >= 0.6 is 0 Å². The second-order valence-corrected chi connectivity index (χ2v) is 4.81. The molecule has 20 heavy (non-hydrogen) atoms. The van der Waals surface area contributed by atoms with Crippen LogP contribution in [0.4, 0.5) is 14.5 Å². The van der Waals surface area contributed by atoms with Crippen LogP contribution in [0.15, 0.2) is 24.3 Å². The number of nitro groups is 1. The Balaban J connectivity index is 2.80. The highest BCUT2D eigenvalue weighted by Crippen LogP contribution is 2.21. The SMILES string of the molecule is CC(C)N(CC(F)F)CC(O)c1cccc([N+](=O)[O-])c1. The number of benzene rings is 1. The lowest BCUT2D eigenvalue weighted by Gasteiger charge is -2.28. The zero-order valence-corrected chi connectivity index (χ0v) is 11.4. The summed E-state index contributed by atoms with van der Waals surface area (Å²) < 4.78 is 24.9. The van der Waals surface area contributed by atoms with E-state index in [4.69, 9.17) is 0 Å². The number of nitro benzene ring substituents is 1. The van der Waals surface area contributed by atoms with Crippen LogP contribution in [0, 0.1) is 10.1 Å². The normalized spacial score (nSPS) is 13.2. The second kappa shape index (κ2) is 7.25. The van der Waals surface area contributed by atoms with Crippen molar-refractivity contribution < 1.29 is 18.8 Å². The number of nitrogens with zero attached hydrogens (tertiary/aromatic N) is 2. The van der Waals surface area contributed by atoms with Gasteiger partial charge in [-0.15, -0.1) is 0 Å². The molecule has 1 unspecified atom stereocenters. The summed E-state index contributed by atoms with van der Waals surface area (Å²) in [6.07, 6.45) is -3.54. The fraction of sp³-hybridized carbons (Fsp3) is 0.538. The van der Waals surface area contributed by atoms with Crippen LogP contribution in [-0.4, -0.2) is 40.5 Å². The summed E-state index contributed by atoms with van der Waals surface area (Å²) in [7, 11) is 0. The fourth-order valence-electron chi connectivity index (χ4n) is 1.85. The lowest BCUT2D eigenvalue weighted by molar-refractivity contribution is -0.385. The number of hydrogen-bond donors (Lipinski definition) is 1. The van der Waals surface area contributed by atoms with E-state index in [0.29, 0.717) is 5.56 Å². The van der Waals surface area contributed by atoms with Crippen molar-refractivity contribution in [1.29, 1.82) is 0 Å². The predicted octanol–water partition coefficient (Wildman–Crippen LogP) is 2.60. The molecule has 5 nitrogen and oxygen atoms in total. The van der Waals surface area contributed by atoms with Gasteiger partial charge in [-0.1, -0.05) is 12.1 Å². The first-order valence-electron chi connectivity index (χ1n) is 6.26. The highest BCUT2D eigenvalue weighted by Gasteiger charge is 2.20. The number of aliphatic hydroxyl groups excluding tert-OH is 1. The van der Waals surface area contributed by atoms with Crippen LogP contribution < -0.4 is 0 Å². The summed E-state index contributed by atoms with van der Waals surface area (Å²) in [4.78, 5) is 11.5. The lowest BCUT2D eigenvalue weighted by atomic mass is 10.1. The van der Waals surface area contributed by atoms with Crippen molar-refractivity contribution >= 4 is 5.69 Å². The third-order valence-electron chi connectivity index (χ3n) is 2.98. The molecule has 0 bridgehead atoms. The van der Waals surface area contributed by atoms with E-state index < -0.39 is 24.0 Å². The van der Waals surface area contributed by atoms with Crippen molar-refractivity contribution in [2.45, 2.75) is 32.4 Å². The first-order chi connectivity index (χ1) is 9.31. The summed E-state index contributed by atoms with van der Waals surface area (Å²) >= 11 is 0. The maximum absolute atomic E-state index is 12.5. The van der Waals surface area contributed by atoms with Gasteiger partial charge in [0.2, 0.25) is 0 Å². The first kappa shape index (κ1) is 16.5. The van der Waals surface area contributed by atoms with Crippen molar-refractivity contribution in [2.24, 2.45) is 0 Å². The number of alkyl halides is 2. The van der Waals surface area contributed by atoms with Gasteiger partial charge in [-0.05, 0) is 19.4 Å². The molecule has 1 aromatic rings. The summed E-state index contributed by atoms with van der Waals surface area (Å²) in [6.45, 7) is 3.07. The molecular weight excluding hydrogens is 270 g/mol. The Hall–Kier alpha value is -1.60. The van der Waals surface area contributed by atoms with E-state index in [9.17, 15) is 24.0 Å². The molecule has 1 rings (SSSR count). The van der Waals surface area contributed by atoms with Gasteiger partial charge in [0, 0.05) is 24.7 Å². The van der Waals surface area contributed by atoms with Gasteiger partial charge in [0.25, 0.3) is 12.1 Å². The molecule has 0 spiro atoms. The van der Waals surface area contributed by atoms with Gasteiger partial charge in [-0.3, -0.25) is 15.0 Å². The Labute approximate surface area is 116 Å². The standard InChI is InChI=1S/C13H18F2N2O3/c1-9(2)16(8-13(14)15)7-12(18)10-4-3-5-11(6-10)17(19)20/h3-6,9,12-13,18H,7-8H2,1-2H3. The van der Waals surface area contributed by atoms with Crippen LogP contribution in [0.2, 0.25) is 0 Å². The number of halogens is 2. The number of rotatable bonds is 7. The van der Waals surface area contributed by atoms with Crippen molar-refractivity contribution in [2.75, 3.05) is 13.1 Å². The predicted molar refractivity (Wildman–Crippen MR) is 70.8 cm³/mol. The molecular formula is C13H18F2N2O3. The Morgan fingerprint density at radius 1 is 1.35 bits per heavy atom. The molecule has 0 aromatic heterocycles. The largest absolute Gasteiger partial charge is 0.387 e. The molecule has 0 aliphatic rings. The van der Waals surface area contributed by atoms with Gasteiger partial charge in [0.1, 0.15) is 0 Å². The molecule has 1 aromatic carbocycles. The minimum absolute atomic E-state index is 0.00315. The summed E-state index contributed by atoms with van der Waals surface area (Å²) in [5.41, 5.74) is 0.214. The van der Waals surface area contributed by atoms with E-state index in [1.165, 1.54) is 23.1 Å². The monoisotopic (exact) mass is 288 g/mol. The zero-order valence-electron chi connectivity index (χ0n) is 11.4. The van der Waals surface area contributed by atoms with E-state index in [1.54, 1.807) is 19.9 Å². The topological polar surface area (TPSA) is 66.6 Å². The molecule has 112 valence electrons. The molecule has 0 amide bonds. The molecule has 0 heterocycles. The molecule has 1 N–H and O–H groups in total. The van der Waals surface area contributed by atoms with Gasteiger partial charge in [0.15, 0.2) is 0 Å². The molecule has 0 saturated heterocycles. The summed E-state index contributed by atoms with van der Waals surface area (Å²) in [6, 6.07) is 5.42. The smallest absolute Gasteiger partial charge is 0.269 e. The summed E-state index contributed by atoms with van der Waals surface area (Å²) in [5.74, 6) is 0. The average molecular weight is 288 g/mol. The van der Waals surface area contributed by atoms with E-state index in [-0.39, 0.29) is 18.3 Å². The van der Waals surface area contributed by atoms with Gasteiger partial charge in [-0.25, -0.2) is 8.78 Å². The van der Waals surface area contributed by atoms with Crippen LogP contribution in [0.3, 0.4) is 0 Å². The average Bonchev–Trinajstić information content (AvgIpc) is 2.37. The van der Waals surface area contributed by atoms with Crippen LogP contribution in [-0.2, 0) is 0 Å². The number of non-ortho nitro benzene ring substituents is 1. The Morgan fingerprint density at radius 2 is 2.00 bits per heavy atom. The maximum Gasteiger partial charge on any atom is 0.269 e. The van der Waals surface area contributed by atoms with Crippen LogP contribution in [0.1, 0.15) is 25.5 Å². The molecule has 0 saturated carbocycles. The van der Waals surface area contributed by atoms with Gasteiger partial charge >= 0.3 is 0 Å². The Morgan fingerprint density at radius 3 is 2.50 bits per heavy atom. The van der Waals surface area contributed by atoms with E-state index in [2.05, 4.69) is 0 Å². The van der Waals surface area contributed by atoms with Gasteiger partial charge in [-0.2, -0.15) is 0 Å². The molecule has 7 heteroatoms. The molecule has 0 radical (unpaired) electrons. The Bertz CT molecular complexity index is 455. The van der Waals surface area contributed by atoms with Crippen molar-refractivity contribution in [1.82, 2.24) is 4.90 Å². The zero-order chi connectivity index (χ0) is 15.3.